The fraction of sp³-hybridized carbons (Fsp3) is 0.320. The summed E-state index contributed by atoms with van der Waals surface area (Å²) in [5, 5.41) is 0. The van der Waals surface area contributed by atoms with Crippen LogP contribution in [0.4, 0.5) is 28.9 Å². The third-order valence-electron chi connectivity index (χ3n) is 10.3. The molecule has 304 valence electrons. The van der Waals surface area contributed by atoms with Gasteiger partial charge in [-0.25, -0.2) is 41.9 Å². The van der Waals surface area contributed by atoms with Crippen LogP contribution in [0.25, 0.3) is 0 Å². The summed E-state index contributed by atoms with van der Waals surface area (Å²) < 4.78 is 54.9. The van der Waals surface area contributed by atoms with Crippen molar-refractivity contribution >= 4 is 23.2 Å². The maximum Gasteiger partial charge on any atom is 4.00 e. The van der Waals surface area contributed by atoms with Gasteiger partial charge in [0.25, 0.3) is 0 Å². The van der Waals surface area contributed by atoms with E-state index in [1.54, 1.807) is 48.5 Å². The van der Waals surface area contributed by atoms with Gasteiger partial charge in [-0.2, -0.15) is 12.2 Å². The number of halogens is 4. The number of carbonyl (C=O) groups excluding carboxylic acids is 2. The number of hydrogen-bond acceptors (Lipinski definition) is 2. The molecule has 2 fully saturated rings. The summed E-state index contributed by atoms with van der Waals surface area (Å²) in [6.07, 6.45) is 31.1. The molecule has 4 aliphatic carbocycles. The summed E-state index contributed by atoms with van der Waals surface area (Å²) in [4.78, 5) is 28.7. The molecular weight excluding hydrogens is 784 g/mol. The largest absolute Gasteiger partial charge is 4.00 e. The first-order valence-electron chi connectivity index (χ1n) is 20.2. The fourth-order valence-electron chi connectivity index (χ4n) is 7.28. The zero-order chi connectivity index (χ0) is 41.0. The number of rotatable bonds is 8. The van der Waals surface area contributed by atoms with Gasteiger partial charge < -0.3 is 9.80 Å². The zero-order valence-electron chi connectivity index (χ0n) is 33.3. The van der Waals surface area contributed by atoms with Crippen molar-refractivity contribution in [2.45, 2.75) is 77.0 Å². The van der Waals surface area contributed by atoms with Crippen molar-refractivity contribution in [3.63, 3.8) is 0 Å². The summed E-state index contributed by atoms with van der Waals surface area (Å²) in [5.41, 5.74) is 1.18. The van der Waals surface area contributed by atoms with Crippen molar-refractivity contribution < 1.29 is 48.9 Å². The molecule has 4 aromatic carbocycles. The van der Waals surface area contributed by atoms with Crippen molar-refractivity contribution in [2.75, 3.05) is 22.9 Å². The second-order valence-electron chi connectivity index (χ2n) is 14.6. The molecule has 0 saturated heterocycles. The van der Waals surface area contributed by atoms with E-state index >= 15 is 0 Å². The maximum absolute atomic E-state index is 14.2. The summed E-state index contributed by atoms with van der Waals surface area (Å²) in [5.74, 6) is -3.01. The molecule has 2 amide bonds. The van der Waals surface area contributed by atoms with Gasteiger partial charge in [-0.1, -0.05) is 74.9 Å². The van der Waals surface area contributed by atoms with Crippen molar-refractivity contribution in [2.24, 2.45) is 11.8 Å². The van der Waals surface area contributed by atoms with Crippen molar-refractivity contribution in [3.05, 3.63) is 180 Å². The van der Waals surface area contributed by atoms with Crippen LogP contribution in [0.2, 0.25) is 0 Å². The van der Waals surface area contributed by atoms with Crippen molar-refractivity contribution in [3.8, 4) is 0 Å². The molecule has 0 atom stereocenters. The van der Waals surface area contributed by atoms with E-state index in [1.165, 1.54) is 34.8 Å². The first-order valence-corrected chi connectivity index (χ1v) is 20.2. The zero-order valence-corrected chi connectivity index (χ0v) is 34.9. The minimum absolute atomic E-state index is 0. The van der Waals surface area contributed by atoms with E-state index in [0.29, 0.717) is 36.1 Å². The molecule has 0 radical (unpaired) electrons. The van der Waals surface area contributed by atoms with Crippen LogP contribution in [0, 0.1) is 59.4 Å². The summed E-state index contributed by atoms with van der Waals surface area (Å²) >= 11 is 0. The van der Waals surface area contributed by atoms with Gasteiger partial charge in [0.15, 0.2) is 0 Å². The quantitative estimate of drug-likeness (QED) is 0.101. The monoisotopic (exact) mass is 834 g/mol. The second kappa shape index (κ2) is 25.6. The third-order valence-corrected chi connectivity index (χ3v) is 10.3. The molecule has 0 unspecified atom stereocenters. The summed E-state index contributed by atoms with van der Waals surface area (Å²) in [6, 6.07) is 26.6. The summed E-state index contributed by atoms with van der Waals surface area (Å²) in [7, 11) is 0. The topological polar surface area (TPSA) is 40.6 Å². The van der Waals surface area contributed by atoms with Crippen LogP contribution in [-0.2, 0) is 21.7 Å². The van der Waals surface area contributed by atoms with Crippen LogP contribution < -0.4 is 9.80 Å². The Balaban J connectivity index is 0.000000207. The van der Waals surface area contributed by atoms with E-state index < -0.39 is 23.3 Å². The van der Waals surface area contributed by atoms with E-state index in [4.69, 9.17) is 0 Å². The molecule has 4 nitrogen and oxygen atoms in total. The Morgan fingerprint density at radius 3 is 1.19 bits per heavy atom. The van der Waals surface area contributed by atoms with E-state index in [9.17, 15) is 27.2 Å². The number of allylic oxidation sites excluding steroid dienone is 8. The molecule has 0 aliphatic heterocycles. The van der Waals surface area contributed by atoms with E-state index in [0.717, 1.165) is 76.3 Å². The van der Waals surface area contributed by atoms with Crippen LogP contribution in [0.1, 0.15) is 97.8 Å². The molecule has 0 spiro atoms. The second-order valence-corrected chi connectivity index (χ2v) is 14.6. The Morgan fingerprint density at radius 2 is 0.898 bits per heavy atom. The number of amides is 2. The predicted molar refractivity (Wildman–Crippen MR) is 223 cm³/mol. The van der Waals surface area contributed by atoms with Gasteiger partial charge in [0, 0.05) is 47.5 Å². The molecule has 8 rings (SSSR count). The Bertz CT molecular complexity index is 1840. The van der Waals surface area contributed by atoms with Gasteiger partial charge in [0.1, 0.15) is 0 Å². The van der Waals surface area contributed by atoms with E-state index in [-0.39, 0.29) is 44.9 Å². The first kappa shape index (κ1) is 46.9. The minimum atomic E-state index is -0.824. The van der Waals surface area contributed by atoms with Gasteiger partial charge >= 0.3 is 21.7 Å². The third kappa shape index (κ3) is 15.4. The SMILES string of the molecule is O=C(c1ccccc1)N(CC1CCCCC1)c1ccc(F)[c-]c1F.O=C(c1ccccc1)N(CC1CCCCC1)c1ccc(F)[c-]c1F.[C-]1=CC=CC1.[C-]1=CC=CC1.[Ti+4]. The Morgan fingerprint density at radius 1 is 0.525 bits per heavy atom. The standard InChI is InChI=1S/2C20H20F2NO.2C5H5.Ti/c2*21-17-11-12-19(18(22)13-17)23(14-15-7-3-1-4-8-15)20(24)16-9-5-2-6-10-16;2*1-2-4-5-3-1;/h2*2,5-6,9-12,15H,1,3-4,7-8,14H2;2*1-3H,4H2;/q4*-1;+4. The van der Waals surface area contributed by atoms with Crippen LogP contribution >= 0.6 is 0 Å². The van der Waals surface area contributed by atoms with Gasteiger partial charge in [-0.15, -0.1) is 49.2 Å². The Kier molecular flexibility index (Phi) is 20.4. The van der Waals surface area contributed by atoms with Crippen LogP contribution in [0.15, 0.2) is 121 Å². The van der Waals surface area contributed by atoms with Gasteiger partial charge in [-0.3, -0.25) is 21.7 Å². The number of nitrogens with zero attached hydrogens (tertiary/aromatic N) is 2. The van der Waals surface area contributed by atoms with Crippen molar-refractivity contribution in [1.29, 1.82) is 0 Å². The van der Waals surface area contributed by atoms with Crippen LogP contribution in [0.5, 0.6) is 0 Å². The molecule has 0 heterocycles. The molecule has 4 aliphatic rings. The van der Waals surface area contributed by atoms with Crippen LogP contribution in [-0.4, -0.2) is 24.9 Å². The molecule has 0 bridgehead atoms. The number of benzene rings is 4. The van der Waals surface area contributed by atoms with E-state index in [1.807, 2.05) is 48.6 Å². The van der Waals surface area contributed by atoms with Gasteiger partial charge in [0.05, 0.1) is 0 Å². The Labute approximate surface area is 362 Å². The number of hydrogen-bond donors (Lipinski definition) is 0. The molecule has 0 aromatic heterocycles. The molecule has 0 N–H and O–H groups in total. The minimum Gasteiger partial charge on any atom is -0.359 e. The average molecular weight is 835 g/mol. The van der Waals surface area contributed by atoms with Gasteiger partial charge in [0.2, 0.25) is 11.8 Å². The van der Waals surface area contributed by atoms with E-state index in [2.05, 4.69) is 24.3 Å². The average Bonchev–Trinajstić information content (AvgIpc) is 4.05. The predicted octanol–water partition coefficient (Wildman–Crippen LogP) is 12.6. The smallest absolute Gasteiger partial charge is 0.359 e. The number of carbonyl (C=O) groups is 2. The maximum atomic E-state index is 14.2. The molecule has 4 aromatic rings. The normalized spacial score (nSPS) is 15.4. The molecule has 59 heavy (non-hydrogen) atoms. The molecule has 9 heteroatoms. The van der Waals surface area contributed by atoms with Crippen LogP contribution in [0.3, 0.4) is 0 Å². The first-order chi connectivity index (χ1) is 28.3. The Hall–Kier alpha value is -4.79. The van der Waals surface area contributed by atoms with Gasteiger partial charge in [-0.05, 0) is 73.2 Å². The van der Waals surface area contributed by atoms with Crippen molar-refractivity contribution in [1.82, 2.24) is 0 Å². The molecular formula is C50H50F4N2O2Ti. The molecule has 2 saturated carbocycles. The number of anilines is 2. The fourth-order valence-corrected chi connectivity index (χ4v) is 7.28. The summed E-state index contributed by atoms with van der Waals surface area (Å²) in [6.45, 7) is 0.897.